The van der Waals surface area contributed by atoms with Gasteiger partial charge in [0.1, 0.15) is 0 Å². The van der Waals surface area contributed by atoms with Crippen LogP contribution >= 0.6 is 0 Å². The lowest BCUT2D eigenvalue weighted by molar-refractivity contribution is -0.115. The molecule has 0 aromatic heterocycles. The van der Waals surface area contributed by atoms with Crippen molar-refractivity contribution in [2.75, 3.05) is 18.5 Å². The van der Waals surface area contributed by atoms with E-state index >= 15 is 0 Å². The number of aliphatic hydroxyl groups excluding tert-OH is 1. The van der Waals surface area contributed by atoms with Crippen LogP contribution in [-0.2, 0) is 16.0 Å². The molecule has 2 rings (SSSR count). The zero-order valence-corrected chi connectivity index (χ0v) is 9.23. The molecular weight excluding hydrogens is 222 g/mol. The lowest BCUT2D eigenvalue weighted by Crippen LogP contribution is -2.07. The van der Waals surface area contributed by atoms with E-state index in [1.54, 1.807) is 18.2 Å². The Kier molecular flexibility index (Phi) is 3.39. The summed E-state index contributed by atoms with van der Waals surface area (Å²) in [5.41, 5.74) is 1.99. The second kappa shape index (κ2) is 4.97. The number of amides is 1. The first-order valence-electron chi connectivity index (χ1n) is 5.41. The van der Waals surface area contributed by atoms with Gasteiger partial charge in [-0.25, -0.2) is 4.79 Å². The standard InChI is InChI=1S/C12H13NO4/c14-4-1-5-17-12(16)8-2-3-10-9(6-8)7-11(15)13-10/h2-3,6,14H,1,4-5,7H2,(H,13,15). The van der Waals surface area contributed by atoms with Gasteiger partial charge in [0.05, 0.1) is 18.6 Å². The monoisotopic (exact) mass is 235 g/mol. The van der Waals surface area contributed by atoms with Crippen LogP contribution in [0.15, 0.2) is 18.2 Å². The Morgan fingerprint density at radius 1 is 1.47 bits per heavy atom. The van der Waals surface area contributed by atoms with E-state index in [4.69, 9.17) is 9.84 Å². The summed E-state index contributed by atoms with van der Waals surface area (Å²) in [4.78, 5) is 22.7. The number of benzene rings is 1. The van der Waals surface area contributed by atoms with Crippen molar-refractivity contribution in [3.05, 3.63) is 29.3 Å². The molecule has 0 bridgehead atoms. The summed E-state index contributed by atoms with van der Waals surface area (Å²) in [6.45, 7) is 0.194. The number of anilines is 1. The molecule has 0 atom stereocenters. The van der Waals surface area contributed by atoms with Crippen LogP contribution in [0.25, 0.3) is 0 Å². The minimum atomic E-state index is -0.430. The molecule has 1 amide bonds. The van der Waals surface area contributed by atoms with Gasteiger partial charge in [-0.15, -0.1) is 0 Å². The number of carbonyl (C=O) groups excluding carboxylic acids is 2. The Morgan fingerprint density at radius 2 is 2.29 bits per heavy atom. The molecule has 0 saturated heterocycles. The summed E-state index contributed by atoms with van der Waals surface area (Å²) >= 11 is 0. The Bertz CT molecular complexity index is 456. The fourth-order valence-corrected chi connectivity index (χ4v) is 1.67. The van der Waals surface area contributed by atoms with Gasteiger partial charge < -0.3 is 15.2 Å². The number of hydrogen-bond acceptors (Lipinski definition) is 4. The number of ether oxygens (including phenoxy) is 1. The third-order valence-corrected chi connectivity index (χ3v) is 2.50. The maximum Gasteiger partial charge on any atom is 0.338 e. The zero-order valence-electron chi connectivity index (χ0n) is 9.23. The first kappa shape index (κ1) is 11.6. The molecule has 1 aromatic carbocycles. The van der Waals surface area contributed by atoms with Crippen molar-refractivity contribution < 1.29 is 19.4 Å². The normalized spacial score (nSPS) is 13.1. The Hall–Kier alpha value is -1.88. The first-order chi connectivity index (χ1) is 8.20. The lowest BCUT2D eigenvalue weighted by atomic mass is 10.1. The topological polar surface area (TPSA) is 75.6 Å². The molecule has 1 aliphatic heterocycles. The van der Waals surface area contributed by atoms with E-state index in [0.717, 1.165) is 11.3 Å². The smallest absolute Gasteiger partial charge is 0.338 e. The van der Waals surface area contributed by atoms with Gasteiger partial charge in [-0.3, -0.25) is 4.79 Å². The molecule has 0 fully saturated rings. The van der Waals surface area contributed by atoms with Crippen molar-refractivity contribution in [2.24, 2.45) is 0 Å². The Balaban J connectivity index is 2.05. The summed E-state index contributed by atoms with van der Waals surface area (Å²) in [6, 6.07) is 4.98. The van der Waals surface area contributed by atoms with Crippen LogP contribution in [0.1, 0.15) is 22.3 Å². The molecule has 1 heterocycles. The van der Waals surface area contributed by atoms with Gasteiger partial charge in [-0.05, 0) is 23.8 Å². The fraction of sp³-hybridized carbons (Fsp3) is 0.333. The van der Waals surface area contributed by atoms with Crippen molar-refractivity contribution >= 4 is 17.6 Å². The highest BCUT2D eigenvalue weighted by Crippen LogP contribution is 2.24. The average Bonchev–Trinajstić information content (AvgIpc) is 2.68. The third-order valence-electron chi connectivity index (χ3n) is 2.50. The van der Waals surface area contributed by atoms with Gasteiger partial charge in [0.2, 0.25) is 5.91 Å². The van der Waals surface area contributed by atoms with E-state index in [2.05, 4.69) is 5.32 Å². The van der Waals surface area contributed by atoms with Crippen LogP contribution in [0, 0.1) is 0 Å². The van der Waals surface area contributed by atoms with Crippen molar-refractivity contribution in [3.8, 4) is 0 Å². The molecule has 90 valence electrons. The minimum absolute atomic E-state index is 0.00408. The second-order valence-corrected chi connectivity index (χ2v) is 3.81. The maximum atomic E-state index is 11.6. The average molecular weight is 235 g/mol. The predicted octanol–water partition coefficient (Wildman–Crippen LogP) is 0.720. The number of carbonyl (C=O) groups is 2. The van der Waals surface area contributed by atoms with Gasteiger partial charge >= 0.3 is 5.97 Å². The van der Waals surface area contributed by atoms with E-state index in [1.165, 1.54) is 0 Å². The van der Waals surface area contributed by atoms with Gasteiger partial charge in [0, 0.05) is 18.7 Å². The highest BCUT2D eigenvalue weighted by Gasteiger charge is 2.19. The number of aliphatic hydroxyl groups is 1. The fourth-order valence-electron chi connectivity index (χ4n) is 1.67. The van der Waals surface area contributed by atoms with Crippen molar-refractivity contribution in [2.45, 2.75) is 12.8 Å². The van der Waals surface area contributed by atoms with Crippen LogP contribution in [0.5, 0.6) is 0 Å². The number of nitrogens with one attached hydrogen (secondary N) is 1. The molecule has 0 aliphatic carbocycles. The van der Waals surface area contributed by atoms with Gasteiger partial charge in [0.25, 0.3) is 0 Å². The van der Waals surface area contributed by atoms with Crippen LogP contribution in [0.2, 0.25) is 0 Å². The van der Waals surface area contributed by atoms with Crippen molar-refractivity contribution in [1.29, 1.82) is 0 Å². The predicted molar refractivity (Wildman–Crippen MR) is 60.8 cm³/mol. The first-order valence-corrected chi connectivity index (χ1v) is 5.41. The second-order valence-electron chi connectivity index (χ2n) is 3.81. The molecule has 0 unspecified atom stereocenters. The SMILES string of the molecule is O=C1Cc2cc(C(=O)OCCCO)ccc2N1. The van der Waals surface area contributed by atoms with E-state index in [0.29, 0.717) is 18.4 Å². The number of hydrogen-bond donors (Lipinski definition) is 2. The highest BCUT2D eigenvalue weighted by atomic mass is 16.5. The van der Waals surface area contributed by atoms with Gasteiger partial charge in [-0.1, -0.05) is 0 Å². The summed E-state index contributed by atoms with van der Waals surface area (Å²) in [6.07, 6.45) is 0.726. The van der Waals surface area contributed by atoms with Crippen LogP contribution in [-0.4, -0.2) is 30.2 Å². The summed E-state index contributed by atoms with van der Waals surface area (Å²) in [5, 5.41) is 11.3. The molecular formula is C12H13NO4. The lowest BCUT2D eigenvalue weighted by Gasteiger charge is -2.05. The molecule has 17 heavy (non-hydrogen) atoms. The summed E-state index contributed by atoms with van der Waals surface area (Å²) < 4.78 is 4.95. The number of esters is 1. The molecule has 5 nitrogen and oxygen atoms in total. The highest BCUT2D eigenvalue weighted by molar-refractivity contribution is 6.00. The number of fused-ring (bicyclic) bond motifs is 1. The Morgan fingerprint density at radius 3 is 3.06 bits per heavy atom. The van der Waals surface area contributed by atoms with Gasteiger partial charge in [0.15, 0.2) is 0 Å². The molecule has 1 aliphatic rings. The molecule has 0 saturated carbocycles. The quantitative estimate of drug-likeness (QED) is 0.595. The van der Waals surface area contributed by atoms with E-state index < -0.39 is 5.97 Å². The van der Waals surface area contributed by atoms with Crippen LogP contribution < -0.4 is 5.32 Å². The molecule has 1 aromatic rings. The molecule has 0 spiro atoms. The van der Waals surface area contributed by atoms with Crippen LogP contribution in [0.3, 0.4) is 0 Å². The van der Waals surface area contributed by atoms with E-state index in [-0.39, 0.29) is 19.1 Å². The van der Waals surface area contributed by atoms with E-state index in [9.17, 15) is 9.59 Å². The Labute approximate surface area is 98.4 Å². The number of rotatable bonds is 4. The van der Waals surface area contributed by atoms with Crippen LogP contribution in [0.4, 0.5) is 5.69 Å². The molecule has 5 heteroatoms. The summed E-state index contributed by atoms with van der Waals surface area (Å²) in [5.74, 6) is -0.494. The largest absolute Gasteiger partial charge is 0.462 e. The third kappa shape index (κ3) is 2.62. The van der Waals surface area contributed by atoms with Crippen molar-refractivity contribution in [1.82, 2.24) is 0 Å². The maximum absolute atomic E-state index is 11.6. The van der Waals surface area contributed by atoms with E-state index in [1.807, 2.05) is 0 Å². The molecule has 2 N–H and O–H groups in total. The van der Waals surface area contributed by atoms with Crippen molar-refractivity contribution in [3.63, 3.8) is 0 Å². The zero-order chi connectivity index (χ0) is 12.3. The molecule has 0 radical (unpaired) electrons. The summed E-state index contributed by atoms with van der Waals surface area (Å²) in [7, 11) is 0. The minimum Gasteiger partial charge on any atom is -0.462 e. The van der Waals surface area contributed by atoms with Gasteiger partial charge in [-0.2, -0.15) is 0 Å².